The number of hydrogen-bond donors (Lipinski definition) is 1. The monoisotopic (exact) mass is 376 g/mol. The Morgan fingerprint density at radius 2 is 1.70 bits per heavy atom. The molecule has 4 rings (SSSR count). The summed E-state index contributed by atoms with van der Waals surface area (Å²) in [5.74, 6) is 0.535. The second-order valence-corrected chi connectivity index (χ2v) is 7.95. The molecule has 0 fully saturated rings. The first-order valence-corrected chi connectivity index (χ1v) is 9.91. The number of hydrogen-bond acceptors (Lipinski definition) is 4. The Hall–Kier alpha value is -2.92. The number of benzene rings is 3. The smallest absolute Gasteiger partial charge is 0.218 e. The predicted molar refractivity (Wildman–Crippen MR) is 108 cm³/mol. The van der Waals surface area contributed by atoms with Crippen molar-refractivity contribution in [3.8, 4) is 0 Å². The Balaban J connectivity index is 1.67. The van der Waals surface area contributed by atoms with E-state index in [1.54, 1.807) is 0 Å². The van der Waals surface area contributed by atoms with Gasteiger partial charge in [0.05, 0.1) is 21.3 Å². The third-order valence-corrected chi connectivity index (χ3v) is 5.98. The molecule has 0 radical (unpaired) electrons. The summed E-state index contributed by atoms with van der Waals surface area (Å²) in [6.45, 7) is 2.48. The number of aryl methyl sites for hydroxylation is 1. The van der Waals surface area contributed by atoms with Gasteiger partial charge >= 0.3 is 0 Å². The molecular weight excluding hydrogens is 356 g/mol. The SMILES string of the molecule is Cc1ccc([S@](=O)c2ccccc2C2=N[C@@H](c3ccc(N)cc3)CO2)cc1. The van der Waals surface area contributed by atoms with Crippen LogP contribution in [-0.4, -0.2) is 16.7 Å². The normalized spacial score (nSPS) is 17.2. The summed E-state index contributed by atoms with van der Waals surface area (Å²) in [5, 5.41) is 0. The quantitative estimate of drug-likeness (QED) is 0.692. The van der Waals surface area contributed by atoms with E-state index in [1.165, 1.54) is 0 Å². The van der Waals surface area contributed by atoms with Gasteiger partial charge in [0.15, 0.2) is 0 Å². The molecule has 5 heteroatoms. The van der Waals surface area contributed by atoms with Gasteiger partial charge in [0.1, 0.15) is 12.6 Å². The fourth-order valence-electron chi connectivity index (χ4n) is 3.00. The lowest BCUT2D eigenvalue weighted by atomic mass is 10.1. The number of nitrogens with zero attached hydrogens (tertiary/aromatic N) is 1. The summed E-state index contributed by atoms with van der Waals surface area (Å²) in [6.07, 6.45) is 0. The fourth-order valence-corrected chi connectivity index (χ4v) is 4.20. The van der Waals surface area contributed by atoms with Gasteiger partial charge in [0, 0.05) is 10.6 Å². The molecule has 4 nitrogen and oxygen atoms in total. The first-order valence-electron chi connectivity index (χ1n) is 8.76. The second-order valence-electron chi connectivity index (χ2n) is 6.51. The van der Waals surface area contributed by atoms with Crippen molar-refractivity contribution in [2.45, 2.75) is 22.8 Å². The maximum atomic E-state index is 13.1. The summed E-state index contributed by atoms with van der Waals surface area (Å²) in [5.41, 5.74) is 9.45. The lowest BCUT2D eigenvalue weighted by Gasteiger charge is -2.09. The molecule has 1 aliphatic rings. The Morgan fingerprint density at radius 1 is 1.00 bits per heavy atom. The average molecular weight is 376 g/mol. The van der Waals surface area contributed by atoms with Crippen molar-refractivity contribution in [2.75, 3.05) is 12.3 Å². The van der Waals surface area contributed by atoms with Crippen molar-refractivity contribution in [1.29, 1.82) is 0 Å². The number of nitrogens with two attached hydrogens (primary N) is 1. The molecule has 0 aliphatic carbocycles. The van der Waals surface area contributed by atoms with Crippen molar-refractivity contribution < 1.29 is 8.95 Å². The zero-order valence-corrected chi connectivity index (χ0v) is 15.8. The molecule has 0 saturated carbocycles. The third kappa shape index (κ3) is 3.64. The molecule has 136 valence electrons. The van der Waals surface area contributed by atoms with E-state index in [-0.39, 0.29) is 6.04 Å². The van der Waals surface area contributed by atoms with Gasteiger partial charge in [-0.25, -0.2) is 9.20 Å². The summed E-state index contributed by atoms with van der Waals surface area (Å²) in [7, 11) is -1.30. The third-order valence-electron chi connectivity index (χ3n) is 4.52. The Labute approximate surface area is 161 Å². The molecule has 0 amide bonds. The average Bonchev–Trinajstić information content (AvgIpc) is 3.19. The summed E-state index contributed by atoms with van der Waals surface area (Å²) in [4.78, 5) is 6.20. The van der Waals surface area contributed by atoms with Gasteiger partial charge in [-0.2, -0.15) is 0 Å². The predicted octanol–water partition coefficient (Wildman–Crippen LogP) is 4.26. The largest absolute Gasteiger partial charge is 0.475 e. The summed E-state index contributed by atoms with van der Waals surface area (Å²) in [6, 6.07) is 22.9. The zero-order valence-electron chi connectivity index (χ0n) is 15.0. The molecule has 0 aromatic heterocycles. The minimum absolute atomic E-state index is 0.0820. The van der Waals surface area contributed by atoms with Crippen molar-refractivity contribution in [2.24, 2.45) is 4.99 Å². The van der Waals surface area contributed by atoms with E-state index in [0.717, 1.165) is 27.3 Å². The first kappa shape index (κ1) is 17.5. The van der Waals surface area contributed by atoms with E-state index in [2.05, 4.69) is 0 Å². The van der Waals surface area contributed by atoms with Crippen LogP contribution in [-0.2, 0) is 15.5 Å². The van der Waals surface area contributed by atoms with Crippen LogP contribution in [0.2, 0.25) is 0 Å². The fraction of sp³-hybridized carbons (Fsp3) is 0.136. The number of ether oxygens (including phenoxy) is 1. The van der Waals surface area contributed by atoms with Crippen molar-refractivity contribution in [3.63, 3.8) is 0 Å². The van der Waals surface area contributed by atoms with Gasteiger partial charge in [-0.1, -0.05) is 42.0 Å². The van der Waals surface area contributed by atoms with Crippen LogP contribution in [0.15, 0.2) is 87.6 Å². The highest BCUT2D eigenvalue weighted by atomic mass is 32.2. The van der Waals surface area contributed by atoms with Gasteiger partial charge in [-0.15, -0.1) is 0 Å². The maximum Gasteiger partial charge on any atom is 0.218 e. The van der Waals surface area contributed by atoms with Gasteiger partial charge in [0.2, 0.25) is 5.90 Å². The Kier molecular flexibility index (Phi) is 4.77. The summed E-state index contributed by atoms with van der Waals surface area (Å²) < 4.78 is 19.0. The molecule has 0 bridgehead atoms. The van der Waals surface area contributed by atoms with Crippen molar-refractivity contribution in [1.82, 2.24) is 0 Å². The maximum absolute atomic E-state index is 13.1. The molecule has 2 N–H and O–H groups in total. The lowest BCUT2D eigenvalue weighted by molar-refractivity contribution is 0.319. The molecule has 3 aromatic rings. The standard InChI is InChI=1S/C22H20N2O2S/c1-15-6-12-18(13-7-15)27(25)21-5-3-2-4-19(21)22-24-20(14-26-22)16-8-10-17(23)11-9-16/h2-13,20H,14,23H2,1H3/t20-,27+/m1/s1. The Morgan fingerprint density at radius 3 is 2.44 bits per heavy atom. The first-order chi connectivity index (χ1) is 13.1. The molecular formula is C22H20N2O2S. The molecule has 27 heavy (non-hydrogen) atoms. The van der Waals surface area contributed by atoms with Gasteiger partial charge in [0.25, 0.3) is 0 Å². The highest BCUT2D eigenvalue weighted by Crippen LogP contribution is 2.29. The van der Waals surface area contributed by atoms with E-state index in [4.69, 9.17) is 15.5 Å². The molecule has 0 saturated heterocycles. The van der Waals surface area contributed by atoms with Crippen LogP contribution in [0.5, 0.6) is 0 Å². The van der Waals surface area contributed by atoms with Crippen LogP contribution >= 0.6 is 0 Å². The number of nitrogen functional groups attached to an aromatic ring is 1. The molecule has 1 aliphatic heterocycles. The second kappa shape index (κ2) is 7.37. The van der Waals surface area contributed by atoms with E-state index in [0.29, 0.717) is 17.4 Å². The van der Waals surface area contributed by atoms with E-state index >= 15 is 0 Å². The Bertz CT molecular complexity index is 1010. The van der Waals surface area contributed by atoms with Crippen LogP contribution < -0.4 is 5.73 Å². The molecule has 0 spiro atoms. The minimum Gasteiger partial charge on any atom is -0.475 e. The van der Waals surface area contributed by atoms with E-state index in [9.17, 15) is 4.21 Å². The summed E-state index contributed by atoms with van der Waals surface area (Å²) >= 11 is 0. The minimum atomic E-state index is -1.30. The van der Waals surface area contributed by atoms with Crippen molar-refractivity contribution in [3.05, 3.63) is 89.5 Å². The highest BCUT2D eigenvalue weighted by Gasteiger charge is 2.25. The van der Waals surface area contributed by atoms with Crippen LogP contribution in [0.4, 0.5) is 5.69 Å². The van der Waals surface area contributed by atoms with Crippen LogP contribution in [0.1, 0.15) is 22.7 Å². The lowest BCUT2D eigenvalue weighted by Crippen LogP contribution is -2.07. The zero-order chi connectivity index (χ0) is 18.8. The molecule has 3 aromatic carbocycles. The van der Waals surface area contributed by atoms with Crippen molar-refractivity contribution >= 4 is 22.4 Å². The van der Waals surface area contributed by atoms with Crippen LogP contribution in [0.3, 0.4) is 0 Å². The van der Waals surface area contributed by atoms with E-state index in [1.807, 2.05) is 79.7 Å². The molecule has 2 atom stereocenters. The van der Waals surface area contributed by atoms with Gasteiger partial charge in [-0.05, 0) is 48.9 Å². The van der Waals surface area contributed by atoms with E-state index < -0.39 is 10.8 Å². The van der Waals surface area contributed by atoms with Gasteiger partial charge in [-0.3, -0.25) is 0 Å². The highest BCUT2D eigenvalue weighted by molar-refractivity contribution is 7.85. The van der Waals surface area contributed by atoms with Crippen LogP contribution in [0, 0.1) is 6.92 Å². The number of anilines is 1. The van der Waals surface area contributed by atoms with Gasteiger partial charge < -0.3 is 10.5 Å². The molecule has 1 heterocycles. The number of rotatable bonds is 4. The number of aliphatic imine (C=N–C) groups is 1. The topological polar surface area (TPSA) is 64.7 Å². The molecule has 0 unspecified atom stereocenters. The van der Waals surface area contributed by atoms with Crippen LogP contribution in [0.25, 0.3) is 0 Å².